The van der Waals surface area contributed by atoms with Crippen LogP contribution in [0.3, 0.4) is 0 Å². The molecule has 0 spiro atoms. The summed E-state index contributed by atoms with van der Waals surface area (Å²) in [6, 6.07) is 1.82. The Labute approximate surface area is 158 Å². The monoisotopic (exact) mass is 389 g/mol. The number of nitrogens with one attached hydrogen (secondary N) is 2. The van der Waals surface area contributed by atoms with E-state index in [4.69, 9.17) is 0 Å². The molecule has 26 heavy (non-hydrogen) atoms. The quantitative estimate of drug-likeness (QED) is 0.699. The second-order valence-corrected chi connectivity index (χ2v) is 8.45. The average molecular weight is 390 g/mol. The molecule has 3 heterocycles. The van der Waals surface area contributed by atoms with Gasteiger partial charge in [0.1, 0.15) is 16.5 Å². The van der Waals surface area contributed by atoms with Crippen LogP contribution in [0.1, 0.15) is 28.4 Å². The van der Waals surface area contributed by atoms with Gasteiger partial charge in [0.05, 0.1) is 22.6 Å². The van der Waals surface area contributed by atoms with Gasteiger partial charge in [0, 0.05) is 18.0 Å². The summed E-state index contributed by atoms with van der Waals surface area (Å²) in [5.41, 5.74) is 1.98. The molecule has 0 atom stereocenters. The van der Waals surface area contributed by atoms with Crippen LogP contribution in [0.5, 0.6) is 0 Å². The Balaban J connectivity index is 1.40. The van der Waals surface area contributed by atoms with Crippen molar-refractivity contribution in [1.82, 2.24) is 19.7 Å². The first-order chi connectivity index (χ1) is 12.5. The Morgan fingerprint density at radius 2 is 2.31 bits per heavy atom. The van der Waals surface area contributed by atoms with E-state index in [0.29, 0.717) is 17.4 Å². The van der Waals surface area contributed by atoms with Gasteiger partial charge in [0.2, 0.25) is 5.91 Å². The topological polar surface area (TPSA) is 92.7 Å². The van der Waals surface area contributed by atoms with Gasteiger partial charge in [-0.05, 0) is 31.7 Å². The van der Waals surface area contributed by atoms with Gasteiger partial charge in [-0.1, -0.05) is 0 Å². The Kier molecular flexibility index (Phi) is 4.58. The van der Waals surface area contributed by atoms with Crippen molar-refractivity contribution in [3.8, 4) is 0 Å². The number of carbonyl (C=O) groups excluding carboxylic acids is 1. The van der Waals surface area contributed by atoms with E-state index in [1.165, 1.54) is 22.2 Å². The lowest BCUT2D eigenvalue weighted by Crippen LogP contribution is -2.17. The number of H-pyrrole nitrogens is 1. The number of thiophene rings is 1. The number of hydrogen-bond donors (Lipinski definition) is 2. The third-order valence-corrected chi connectivity index (χ3v) is 6.50. The maximum absolute atomic E-state index is 12.4. The summed E-state index contributed by atoms with van der Waals surface area (Å²) in [5.74, 6) is 1.97. The number of nitrogens with zero attached hydrogens (tertiary/aromatic N) is 3. The minimum absolute atomic E-state index is 0.0557. The zero-order valence-electron chi connectivity index (χ0n) is 14.6. The fourth-order valence-corrected chi connectivity index (χ4v) is 5.23. The molecule has 0 radical (unpaired) electrons. The summed E-state index contributed by atoms with van der Waals surface area (Å²) in [5, 5.41) is 7.80. The zero-order chi connectivity index (χ0) is 18.3. The van der Waals surface area contributed by atoms with Crippen molar-refractivity contribution < 1.29 is 4.79 Å². The van der Waals surface area contributed by atoms with Crippen molar-refractivity contribution in [2.24, 2.45) is 7.05 Å². The predicted octanol–water partition coefficient (Wildman–Crippen LogP) is 2.39. The fraction of sp³-hybridized carbons (Fsp3) is 0.412. The summed E-state index contributed by atoms with van der Waals surface area (Å²) in [7, 11) is 1.79. The van der Waals surface area contributed by atoms with Gasteiger partial charge < -0.3 is 10.3 Å². The molecule has 0 aromatic carbocycles. The van der Waals surface area contributed by atoms with E-state index in [9.17, 15) is 9.59 Å². The summed E-state index contributed by atoms with van der Waals surface area (Å²) in [6.07, 6.45) is 3.15. The molecule has 3 aromatic heterocycles. The molecule has 0 unspecified atom stereocenters. The molecule has 0 bridgehead atoms. The predicted molar refractivity (Wildman–Crippen MR) is 105 cm³/mol. The molecule has 7 nitrogen and oxygen atoms in total. The van der Waals surface area contributed by atoms with Crippen LogP contribution in [0, 0.1) is 6.92 Å². The van der Waals surface area contributed by atoms with Crippen molar-refractivity contribution in [3.05, 3.63) is 38.4 Å². The maximum Gasteiger partial charge on any atom is 0.259 e. The number of fused-ring (bicyclic) bond motifs is 3. The highest BCUT2D eigenvalue weighted by molar-refractivity contribution is 7.99. The molecule has 3 aromatic rings. The van der Waals surface area contributed by atoms with E-state index in [0.717, 1.165) is 35.2 Å². The molecule has 0 fully saturated rings. The molecule has 0 aliphatic heterocycles. The molecule has 136 valence electrons. The van der Waals surface area contributed by atoms with Crippen molar-refractivity contribution in [1.29, 1.82) is 0 Å². The van der Waals surface area contributed by atoms with Crippen LogP contribution in [0.15, 0.2) is 10.9 Å². The van der Waals surface area contributed by atoms with Crippen molar-refractivity contribution in [2.75, 3.05) is 11.1 Å². The Hall–Kier alpha value is -2.13. The first kappa shape index (κ1) is 17.3. The highest BCUT2D eigenvalue weighted by Gasteiger charge is 2.21. The number of aromatic amines is 1. The highest BCUT2D eigenvalue weighted by Crippen LogP contribution is 2.34. The van der Waals surface area contributed by atoms with Gasteiger partial charge in [0.15, 0.2) is 0 Å². The molecule has 4 rings (SSSR count). The number of amides is 1. The molecule has 1 aliphatic carbocycles. The first-order valence-electron chi connectivity index (χ1n) is 8.43. The number of thioether (sulfide) groups is 1. The van der Waals surface area contributed by atoms with Crippen LogP contribution in [-0.4, -0.2) is 31.4 Å². The van der Waals surface area contributed by atoms with Crippen LogP contribution in [0.2, 0.25) is 0 Å². The smallest absolute Gasteiger partial charge is 0.259 e. The van der Waals surface area contributed by atoms with Gasteiger partial charge in [-0.25, -0.2) is 4.98 Å². The molecule has 1 amide bonds. The second kappa shape index (κ2) is 6.88. The van der Waals surface area contributed by atoms with E-state index < -0.39 is 0 Å². The third kappa shape index (κ3) is 3.28. The van der Waals surface area contributed by atoms with Gasteiger partial charge in [-0.15, -0.1) is 23.1 Å². The van der Waals surface area contributed by atoms with Crippen LogP contribution >= 0.6 is 23.1 Å². The number of hydrogen-bond acceptors (Lipinski definition) is 6. The van der Waals surface area contributed by atoms with Gasteiger partial charge >= 0.3 is 0 Å². The summed E-state index contributed by atoms with van der Waals surface area (Å²) in [4.78, 5) is 34.1. The van der Waals surface area contributed by atoms with E-state index in [-0.39, 0.29) is 17.2 Å². The highest BCUT2D eigenvalue weighted by atomic mass is 32.2. The van der Waals surface area contributed by atoms with Gasteiger partial charge in [0.25, 0.3) is 5.56 Å². The first-order valence-corrected chi connectivity index (χ1v) is 10.4. The number of aryl methyl sites for hydroxylation is 4. The SMILES string of the molecule is Cc1cc(NC(=O)CSCc2nc3sc4c(c3c(=O)[nH]2)CCC4)n(C)n1. The molecular weight excluding hydrogens is 370 g/mol. The lowest BCUT2D eigenvalue weighted by Gasteiger charge is -2.05. The van der Waals surface area contributed by atoms with Crippen LogP contribution in [0.25, 0.3) is 10.2 Å². The van der Waals surface area contributed by atoms with Crippen molar-refractivity contribution in [2.45, 2.75) is 31.9 Å². The Bertz CT molecular complexity index is 1050. The van der Waals surface area contributed by atoms with Crippen LogP contribution < -0.4 is 10.9 Å². The fourth-order valence-electron chi connectivity index (χ4n) is 3.26. The van der Waals surface area contributed by atoms with Crippen LogP contribution in [0.4, 0.5) is 5.82 Å². The molecular formula is C17H19N5O2S2. The average Bonchev–Trinajstić information content (AvgIpc) is 3.22. The summed E-state index contributed by atoms with van der Waals surface area (Å²) >= 11 is 3.06. The minimum Gasteiger partial charge on any atom is -0.310 e. The standard InChI is InChI=1S/C17H19N5O2S2/c1-9-6-13(22(2)21-9)20-14(23)8-25-7-12-18-16(24)15-10-4-3-5-11(10)26-17(15)19-12/h6H,3-5,7-8H2,1-2H3,(H,20,23)(H,18,19,24). The number of anilines is 1. The lowest BCUT2D eigenvalue weighted by molar-refractivity contribution is -0.113. The lowest BCUT2D eigenvalue weighted by atomic mass is 10.2. The molecule has 0 saturated heterocycles. The zero-order valence-corrected chi connectivity index (χ0v) is 16.2. The molecule has 0 saturated carbocycles. The third-order valence-electron chi connectivity index (χ3n) is 4.37. The number of aromatic nitrogens is 4. The van der Waals surface area contributed by atoms with Gasteiger partial charge in [-0.3, -0.25) is 14.3 Å². The Morgan fingerprint density at radius 1 is 1.46 bits per heavy atom. The molecule has 2 N–H and O–H groups in total. The number of rotatable bonds is 5. The maximum atomic E-state index is 12.4. The minimum atomic E-state index is -0.100. The second-order valence-electron chi connectivity index (χ2n) is 6.39. The van der Waals surface area contributed by atoms with E-state index in [1.54, 1.807) is 23.1 Å². The Morgan fingerprint density at radius 3 is 3.08 bits per heavy atom. The summed E-state index contributed by atoms with van der Waals surface area (Å²) < 4.78 is 1.64. The normalized spacial score (nSPS) is 13.3. The van der Waals surface area contributed by atoms with Crippen molar-refractivity contribution in [3.63, 3.8) is 0 Å². The largest absolute Gasteiger partial charge is 0.310 e. The van der Waals surface area contributed by atoms with Crippen molar-refractivity contribution >= 4 is 45.0 Å². The van der Waals surface area contributed by atoms with Gasteiger partial charge in [-0.2, -0.15) is 5.10 Å². The van der Waals surface area contributed by atoms with E-state index in [1.807, 2.05) is 13.0 Å². The number of carbonyl (C=O) groups is 1. The molecule has 1 aliphatic rings. The van der Waals surface area contributed by atoms with E-state index in [2.05, 4.69) is 20.4 Å². The van der Waals surface area contributed by atoms with E-state index >= 15 is 0 Å². The van der Waals surface area contributed by atoms with Crippen LogP contribution in [-0.2, 0) is 30.4 Å². The molecule has 9 heteroatoms. The summed E-state index contributed by atoms with van der Waals surface area (Å²) in [6.45, 7) is 1.88.